The van der Waals surface area contributed by atoms with Gasteiger partial charge in [-0.25, -0.2) is 23.4 Å². The number of hydrogen-bond donors (Lipinski definition) is 5. The highest BCUT2D eigenvalue weighted by atomic mass is 19.1. The molecule has 3 heterocycles. The SMILES string of the molecule is N=c1c2ncn(-c3ccc(F)cc3F)c2ncn1/N=C\c1ccc(OC2OC(CO)C(O)C(O)C2O)cc1. The van der Waals surface area contributed by atoms with E-state index in [0.717, 1.165) is 12.1 Å². The van der Waals surface area contributed by atoms with Crippen LogP contribution in [0.25, 0.3) is 16.9 Å². The van der Waals surface area contributed by atoms with E-state index in [1.165, 1.54) is 34.2 Å². The van der Waals surface area contributed by atoms with Gasteiger partial charge in [0, 0.05) is 6.07 Å². The lowest BCUT2D eigenvalue weighted by Gasteiger charge is -2.39. The summed E-state index contributed by atoms with van der Waals surface area (Å²) in [5.74, 6) is -1.24. The van der Waals surface area contributed by atoms with E-state index in [4.69, 9.17) is 14.9 Å². The summed E-state index contributed by atoms with van der Waals surface area (Å²) in [6, 6.07) is 9.47. The second-order valence-electron chi connectivity index (χ2n) is 8.45. The lowest BCUT2D eigenvalue weighted by molar-refractivity contribution is -0.277. The molecular weight excluding hydrogens is 506 g/mol. The van der Waals surface area contributed by atoms with Crippen LogP contribution in [0.1, 0.15) is 5.56 Å². The highest BCUT2D eigenvalue weighted by Gasteiger charge is 2.44. The fourth-order valence-electron chi connectivity index (χ4n) is 3.91. The van der Waals surface area contributed by atoms with Crippen molar-refractivity contribution >= 4 is 17.4 Å². The Morgan fingerprint density at radius 3 is 2.50 bits per heavy atom. The molecule has 1 fully saturated rings. The smallest absolute Gasteiger partial charge is 0.229 e. The first kappa shape index (κ1) is 25.6. The first-order valence-electron chi connectivity index (χ1n) is 11.3. The quantitative estimate of drug-likeness (QED) is 0.218. The first-order valence-corrected chi connectivity index (χ1v) is 11.3. The number of aromatic nitrogens is 4. The number of nitrogens with one attached hydrogen (secondary N) is 1. The molecule has 0 aliphatic carbocycles. The molecule has 5 N–H and O–H groups in total. The second kappa shape index (κ2) is 10.4. The number of ether oxygens (including phenoxy) is 2. The summed E-state index contributed by atoms with van der Waals surface area (Å²) in [5, 5.41) is 51.8. The van der Waals surface area contributed by atoms with Gasteiger partial charge in [0.05, 0.1) is 18.5 Å². The third-order valence-electron chi connectivity index (χ3n) is 5.97. The molecule has 5 unspecified atom stereocenters. The number of aliphatic hydroxyl groups is 4. The predicted octanol–water partition coefficient (Wildman–Crippen LogP) is 0.0406. The maximum absolute atomic E-state index is 14.2. The Labute approximate surface area is 212 Å². The predicted molar refractivity (Wildman–Crippen MR) is 126 cm³/mol. The maximum Gasteiger partial charge on any atom is 0.229 e. The average Bonchev–Trinajstić information content (AvgIpc) is 3.34. The Hall–Kier alpha value is -4.08. The van der Waals surface area contributed by atoms with Gasteiger partial charge in [-0.1, -0.05) is 0 Å². The minimum Gasteiger partial charge on any atom is -0.462 e. The van der Waals surface area contributed by atoms with Gasteiger partial charge >= 0.3 is 0 Å². The molecular formula is C24H22F2N6O6. The van der Waals surface area contributed by atoms with Crippen molar-refractivity contribution in [3.63, 3.8) is 0 Å². The summed E-state index contributed by atoms with van der Waals surface area (Å²) in [6.45, 7) is -0.570. The van der Waals surface area contributed by atoms with Gasteiger partial charge in [-0.05, 0) is 42.0 Å². The van der Waals surface area contributed by atoms with Crippen molar-refractivity contribution in [3.8, 4) is 11.4 Å². The largest absolute Gasteiger partial charge is 0.462 e. The van der Waals surface area contributed by atoms with Gasteiger partial charge in [0.2, 0.25) is 6.29 Å². The van der Waals surface area contributed by atoms with Crippen LogP contribution in [0.4, 0.5) is 8.78 Å². The number of aliphatic hydroxyl groups excluding tert-OH is 4. The van der Waals surface area contributed by atoms with Crippen molar-refractivity contribution in [1.82, 2.24) is 19.2 Å². The molecule has 5 atom stereocenters. The summed E-state index contributed by atoms with van der Waals surface area (Å²) in [5.41, 5.74) is 0.874. The Bertz CT molecular complexity index is 1540. The molecule has 14 heteroatoms. The maximum atomic E-state index is 14.2. The molecule has 4 aromatic rings. The van der Waals surface area contributed by atoms with Crippen LogP contribution in [0.15, 0.2) is 60.2 Å². The molecule has 0 spiro atoms. The van der Waals surface area contributed by atoms with Crippen LogP contribution in [0.3, 0.4) is 0 Å². The van der Waals surface area contributed by atoms with Gasteiger partial charge in [-0.2, -0.15) is 5.10 Å². The average molecular weight is 528 g/mol. The van der Waals surface area contributed by atoms with E-state index in [0.29, 0.717) is 5.56 Å². The molecule has 0 radical (unpaired) electrons. The van der Waals surface area contributed by atoms with Crippen LogP contribution < -0.4 is 10.2 Å². The summed E-state index contributed by atoms with van der Waals surface area (Å²) >= 11 is 0. The zero-order valence-electron chi connectivity index (χ0n) is 19.5. The van der Waals surface area contributed by atoms with Crippen LogP contribution in [-0.2, 0) is 4.74 Å². The summed E-state index contributed by atoms with van der Waals surface area (Å²) in [6.07, 6.45) is -2.99. The van der Waals surface area contributed by atoms with E-state index in [1.54, 1.807) is 24.3 Å². The van der Waals surface area contributed by atoms with Gasteiger partial charge in [0.25, 0.3) is 0 Å². The number of nitrogens with zero attached hydrogens (tertiary/aromatic N) is 5. The molecule has 1 saturated heterocycles. The third-order valence-corrected chi connectivity index (χ3v) is 5.97. The zero-order chi connectivity index (χ0) is 27.0. The minimum absolute atomic E-state index is 0.0353. The van der Waals surface area contributed by atoms with E-state index in [2.05, 4.69) is 15.1 Å². The van der Waals surface area contributed by atoms with E-state index in [1.807, 2.05) is 0 Å². The van der Waals surface area contributed by atoms with Crippen LogP contribution >= 0.6 is 0 Å². The number of benzene rings is 2. The molecule has 38 heavy (non-hydrogen) atoms. The number of imidazole rings is 1. The van der Waals surface area contributed by atoms with Crippen molar-refractivity contribution < 1.29 is 38.7 Å². The molecule has 5 rings (SSSR count). The summed E-state index contributed by atoms with van der Waals surface area (Å²) in [4.78, 5) is 8.35. The summed E-state index contributed by atoms with van der Waals surface area (Å²) in [7, 11) is 0. The van der Waals surface area contributed by atoms with E-state index in [9.17, 15) is 29.2 Å². The summed E-state index contributed by atoms with van der Waals surface area (Å²) < 4.78 is 40.8. The van der Waals surface area contributed by atoms with Crippen molar-refractivity contribution in [2.24, 2.45) is 5.10 Å². The molecule has 198 valence electrons. The Morgan fingerprint density at radius 2 is 1.79 bits per heavy atom. The topological polar surface area (TPSA) is 171 Å². The number of fused-ring (bicyclic) bond motifs is 1. The van der Waals surface area contributed by atoms with Crippen LogP contribution in [0.2, 0.25) is 0 Å². The second-order valence-corrected chi connectivity index (χ2v) is 8.45. The van der Waals surface area contributed by atoms with Gasteiger partial charge in [-0.15, -0.1) is 0 Å². The molecule has 0 amide bonds. The molecule has 0 saturated carbocycles. The normalized spacial score (nSPS) is 23.8. The number of hydrogen-bond acceptors (Lipinski definition) is 10. The zero-order valence-corrected chi connectivity index (χ0v) is 19.5. The molecule has 2 aromatic heterocycles. The van der Waals surface area contributed by atoms with E-state index >= 15 is 0 Å². The number of halogens is 2. The molecule has 2 aromatic carbocycles. The lowest BCUT2D eigenvalue weighted by Crippen LogP contribution is -2.60. The van der Waals surface area contributed by atoms with Crippen molar-refractivity contribution in [2.75, 3.05) is 6.61 Å². The van der Waals surface area contributed by atoms with Gasteiger partial charge in [0.1, 0.15) is 54.5 Å². The van der Waals surface area contributed by atoms with Crippen molar-refractivity contribution in [2.45, 2.75) is 30.7 Å². The lowest BCUT2D eigenvalue weighted by atomic mass is 9.99. The standard InChI is InChI=1S/C24H22F2N6O6/c25-13-3-6-16(15(26)7-13)31-10-28-18-22(27)32(11-29-23(18)31)30-8-12-1-4-14(5-2-12)37-24-21(36)20(35)19(34)17(9-33)38-24/h1-8,10-11,17,19-21,24,27,33-36H,9H2/b27-22?,30-8-. The Balaban J connectivity index is 1.32. The number of rotatable bonds is 6. The highest BCUT2D eigenvalue weighted by molar-refractivity contribution is 5.79. The molecule has 12 nitrogen and oxygen atoms in total. The molecule has 1 aliphatic rings. The first-order chi connectivity index (χ1) is 18.3. The van der Waals surface area contributed by atoms with E-state index < -0.39 is 48.9 Å². The van der Waals surface area contributed by atoms with E-state index in [-0.39, 0.29) is 28.1 Å². The van der Waals surface area contributed by atoms with Crippen molar-refractivity contribution in [1.29, 1.82) is 5.41 Å². The Morgan fingerprint density at radius 1 is 1.03 bits per heavy atom. The van der Waals surface area contributed by atoms with Crippen LogP contribution in [0.5, 0.6) is 5.75 Å². The Kier molecular flexibility index (Phi) is 6.96. The molecule has 1 aliphatic heterocycles. The van der Waals surface area contributed by atoms with Crippen LogP contribution in [0, 0.1) is 17.0 Å². The van der Waals surface area contributed by atoms with Crippen molar-refractivity contribution in [3.05, 3.63) is 77.8 Å². The van der Waals surface area contributed by atoms with Gasteiger partial charge in [-0.3, -0.25) is 9.98 Å². The third kappa shape index (κ3) is 4.78. The van der Waals surface area contributed by atoms with Crippen LogP contribution in [-0.4, -0.2) is 83.2 Å². The van der Waals surface area contributed by atoms with Gasteiger partial charge < -0.3 is 29.9 Å². The highest BCUT2D eigenvalue weighted by Crippen LogP contribution is 2.24. The van der Waals surface area contributed by atoms with Gasteiger partial charge in [0.15, 0.2) is 16.7 Å². The molecule has 0 bridgehead atoms. The fourth-order valence-corrected chi connectivity index (χ4v) is 3.91. The monoisotopic (exact) mass is 528 g/mol. The minimum atomic E-state index is -1.56. The fraction of sp³-hybridized carbons (Fsp3) is 0.250.